The molecule has 5 aromatic rings. The Bertz CT molecular complexity index is 1380. The summed E-state index contributed by atoms with van der Waals surface area (Å²) in [6.45, 7) is 0. The summed E-state index contributed by atoms with van der Waals surface area (Å²) < 4.78 is 6.45. The van der Waals surface area contributed by atoms with Crippen LogP contribution in [0.4, 0.5) is 0 Å². The van der Waals surface area contributed by atoms with E-state index in [0.717, 1.165) is 57.0 Å². The summed E-state index contributed by atoms with van der Waals surface area (Å²) in [5.74, 6) is 0. The number of furan rings is 1. The van der Waals surface area contributed by atoms with Gasteiger partial charge in [0.15, 0.2) is 0 Å². The molecular formula is C27H22BNO. The highest BCUT2D eigenvalue weighted by atomic mass is 16.3. The zero-order chi connectivity index (χ0) is 20.1. The van der Waals surface area contributed by atoms with E-state index in [1.165, 1.54) is 24.6 Å². The van der Waals surface area contributed by atoms with Crippen molar-refractivity contribution in [2.24, 2.45) is 0 Å². The summed E-state index contributed by atoms with van der Waals surface area (Å²) in [7, 11) is 6.70. The van der Waals surface area contributed by atoms with Gasteiger partial charge in [-0.1, -0.05) is 80.6 Å². The van der Waals surface area contributed by atoms with Crippen molar-refractivity contribution in [2.75, 3.05) is 0 Å². The summed E-state index contributed by atoms with van der Waals surface area (Å²) in [5.41, 5.74) is 4.93. The van der Waals surface area contributed by atoms with Crippen molar-refractivity contribution < 1.29 is 4.42 Å². The molecule has 0 N–H and O–H groups in total. The number of benzene rings is 3. The van der Waals surface area contributed by atoms with Gasteiger partial charge in [0.25, 0.3) is 0 Å². The fourth-order valence-corrected chi connectivity index (χ4v) is 5.05. The smallest absolute Gasteiger partial charge is 0.144 e. The van der Waals surface area contributed by atoms with Crippen LogP contribution < -0.4 is 0 Å². The van der Waals surface area contributed by atoms with Gasteiger partial charge in [-0.25, -0.2) is 0 Å². The molecule has 2 heterocycles. The van der Waals surface area contributed by atoms with E-state index >= 15 is 0 Å². The monoisotopic (exact) mass is 387 g/mol. The second kappa shape index (κ2) is 6.73. The van der Waals surface area contributed by atoms with Crippen molar-refractivity contribution in [2.45, 2.75) is 37.4 Å². The van der Waals surface area contributed by atoms with Gasteiger partial charge in [0.2, 0.25) is 0 Å². The van der Waals surface area contributed by atoms with Crippen LogP contribution in [0.3, 0.4) is 0 Å². The molecule has 0 atom stereocenters. The first-order valence-corrected chi connectivity index (χ1v) is 10.8. The summed E-state index contributed by atoms with van der Waals surface area (Å²) in [5, 5.41) is 4.37. The van der Waals surface area contributed by atoms with Gasteiger partial charge in [-0.2, -0.15) is 0 Å². The Kier molecular flexibility index (Phi) is 3.99. The van der Waals surface area contributed by atoms with Crippen LogP contribution in [0, 0.1) is 0 Å². The molecular weight excluding hydrogens is 365 g/mol. The van der Waals surface area contributed by atoms with Crippen molar-refractivity contribution in [1.29, 1.82) is 0 Å². The van der Waals surface area contributed by atoms with Gasteiger partial charge < -0.3 is 4.42 Å². The number of rotatable bonds is 2. The number of nitrogens with zero attached hydrogens (tertiary/aromatic N) is 1. The maximum absolute atomic E-state index is 6.70. The zero-order valence-electron chi connectivity index (χ0n) is 16.9. The van der Waals surface area contributed by atoms with E-state index < -0.39 is 0 Å². The molecule has 1 aliphatic rings. The molecule has 0 unspecified atom stereocenters. The Balaban J connectivity index is 1.50. The number of aromatic nitrogens is 1. The van der Waals surface area contributed by atoms with Crippen LogP contribution in [-0.4, -0.2) is 12.8 Å². The number of fused-ring (bicyclic) bond motifs is 5. The molecule has 1 fully saturated rings. The molecule has 3 heteroatoms. The first-order valence-electron chi connectivity index (χ1n) is 10.8. The molecule has 6 rings (SSSR count). The molecule has 2 nitrogen and oxygen atoms in total. The van der Waals surface area contributed by atoms with Crippen molar-refractivity contribution in [3.8, 4) is 11.3 Å². The minimum Gasteiger partial charge on any atom is -0.455 e. The van der Waals surface area contributed by atoms with Crippen molar-refractivity contribution >= 4 is 40.6 Å². The van der Waals surface area contributed by atoms with Crippen LogP contribution in [0.2, 0.25) is 0 Å². The van der Waals surface area contributed by atoms with E-state index in [0.29, 0.717) is 0 Å². The highest BCUT2D eigenvalue weighted by molar-refractivity contribution is 6.17. The molecule has 1 saturated carbocycles. The van der Waals surface area contributed by atoms with Crippen LogP contribution in [0.5, 0.6) is 0 Å². The van der Waals surface area contributed by atoms with E-state index in [2.05, 4.69) is 66.7 Å². The third-order valence-corrected chi connectivity index (χ3v) is 6.75. The van der Waals surface area contributed by atoms with Gasteiger partial charge in [-0.15, -0.1) is 0 Å². The third kappa shape index (κ3) is 2.69. The van der Waals surface area contributed by atoms with E-state index in [4.69, 9.17) is 17.2 Å². The fraction of sp³-hybridized carbons (Fsp3) is 0.222. The van der Waals surface area contributed by atoms with Gasteiger partial charge in [0.05, 0.1) is 13.5 Å². The molecule has 30 heavy (non-hydrogen) atoms. The van der Waals surface area contributed by atoms with Crippen LogP contribution in [0.1, 0.15) is 37.7 Å². The predicted molar refractivity (Wildman–Crippen MR) is 125 cm³/mol. The second-order valence-electron chi connectivity index (χ2n) is 8.60. The lowest BCUT2D eigenvalue weighted by atomic mass is 9.57. The minimum atomic E-state index is -0.228. The molecule has 144 valence electrons. The lowest BCUT2D eigenvalue weighted by Gasteiger charge is -2.34. The Hall–Kier alpha value is -3.07. The van der Waals surface area contributed by atoms with Crippen molar-refractivity contribution in [1.82, 2.24) is 4.98 Å². The Morgan fingerprint density at radius 3 is 2.37 bits per heavy atom. The Morgan fingerprint density at radius 1 is 0.733 bits per heavy atom. The minimum absolute atomic E-state index is 0.228. The van der Waals surface area contributed by atoms with Gasteiger partial charge in [-0.3, -0.25) is 4.98 Å². The molecule has 0 spiro atoms. The van der Waals surface area contributed by atoms with Gasteiger partial charge >= 0.3 is 0 Å². The normalized spacial score (nSPS) is 16.4. The van der Waals surface area contributed by atoms with Gasteiger partial charge in [0, 0.05) is 27.9 Å². The Morgan fingerprint density at radius 2 is 1.53 bits per heavy atom. The average Bonchev–Trinajstić information content (AvgIpc) is 3.19. The van der Waals surface area contributed by atoms with Gasteiger partial charge in [0.1, 0.15) is 11.2 Å². The molecule has 0 amide bonds. The number of hydrogen-bond donors (Lipinski definition) is 0. The summed E-state index contributed by atoms with van der Waals surface area (Å²) in [4.78, 5) is 4.81. The lowest BCUT2D eigenvalue weighted by Crippen LogP contribution is -2.29. The van der Waals surface area contributed by atoms with Crippen LogP contribution in [0.25, 0.3) is 44.0 Å². The van der Waals surface area contributed by atoms with E-state index in [-0.39, 0.29) is 5.31 Å². The quantitative estimate of drug-likeness (QED) is 0.301. The molecule has 0 saturated heterocycles. The van der Waals surface area contributed by atoms with Crippen LogP contribution in [-0.2, 0) is 5.31 Å². The van der Waals surface area contributed by atoms with E-state index in [1.807, 2.05) is 6.20 Å². The van der Waals surface area contributed by atoms with Crippen LogP contribution in [0.15, 0.2) is 77.3 Å². The van der Waals surface area contributed by atoms with Crippen molar-refractivity contribution in [3.63, 3.8) is 0 Å². The van der Waals surface area contributed by atoms with Gasteiger partial charge in [-0.05, 0) is 34.5 Å². The first-order chi connectivity index (χ1) is 14.7. The predicted octanol–water partition coefficient (Wildman–Crippen LogP) is 7.13. The highest BCUT2D eigenvalue weighted by Gasteiger charge is 2.28. The fourth-order valence-electron chi connectivity index (χ4n) is 5.05. The standard InChI is InChI=1S/C27H22BNO/c28-27(15-4-1-5-16-27)19-12-14-24(29-17-19)23-10-6-9-21-22-13-11-18-7-2-3-8-20(18)25(22)30-26(21)23/h2-3,6-14,17H,1,4-5,15-16H2. The molecule has 0 aliphatic heterocycles. The second-order valence-corrected chi connectivity index (χ2v) is 8.60. The molecule has 1 aliphatic carbocycles. The highest BCUT2D eigenvalue weighted by Crippen LogP contribution is 2.40. The molecule has 3 aromatic carbocycles. The van der Waals surface area contributed by atoms with Crippen molar-refractivity contribution in [3.05, 3.63) is 78.5 Å². The SMILES string of the molecule is [B]C1(c2ccc(-c3cccc4c3oc3c5ccccc5ccc43)nc2)CCCCC1. The summed E-state index contributed by atoms with van der Waals surface area (Å²) >= 11 is 0. The van der Waals surface area contributed by atoms with E-state index in [1.54, 1.807) is 0 Å². The number of hydrogen-bond acceptors (Lipinski definition) is 2. The zero-order valence-corrected chi connectivity index (χ0v) is 16.9. The number of pyridine rings is 1. The maximum atomic E-state index is 6.70. The van der Waals surface area contributed by atoms with Crippen LogP contribution >= 0.6 is 0 Å². The third-order valence-electron chi connectivity index (χ3n) is 6.75. The molecule has 2 radical (unpaired) electrons. The van der Waals surface area contributed by atoms with E-state index in [9.17, 15) is 0 Å². The topological polar surface area (TPSA) is 26.0 Å². The Labute approximate surface area is 177 Å². The molecule has 0 bridgehead atoms. The number of para-hydroxylation sites is 1. The first kappa shape index (κ1) is 17.8. The average molecular weight is 387 g/mol. The molecule has 2 aromatic heterocycles. The lowest BCUT2D eigenvalue weighted by molar-refractivity contribution is 0.397. The summed E-state index contributed by atoms with van der Waals surface area (Å²) in [6.07, 6.45) is 7.74. The largest absolute Gasteiger partial charge is 0.455 e. The summed E-state index contributed by atoms with van der Waals surface area (Å²) in [6, 6.07) is 23.2. The maximum Gasteiger partial charge on any atom is 0.144 e.